The molecule has 1 heterocycles. The zero-order valence-corrected chi connectivity index (χ0v) is 11.3. The first-order valence-electron chi connectivity index (χ1n) is 5.66. The van der Waals surface area contributed by atoms with E-state index < -0.39 is 5.97 Å². The summed E-state index contributed by atoms with van der Waals surface area (Å²) >= 11 is 1.32. The molecule has 0 radical (unpaired) electrons. The summed E-state index contributed by atoms with van der Waals surface area (Å²) < 4.78 is 5.06. The van der Waals surface area contributed by atoms with Gasteiger partial charge in [-0.1, -0.05) is 6.92 Å². The summed E-state index contributed by atoms with van der Waals surface area (Å²) in [6, 6.07) is 1.74. The van der Waals surface area contributed by atoms with Crippen LogP contribution in [0.15, 0.2) is 11.4 Å². The molecule has 0 saturated heterocycles. The normalized spacial score (nSPS) is 11.9. The van der Waals surface area contributed by atoms with Crippen molar-refractivity contribution in [2.45, 2.75) is 19.8 Å². The van der Waals surface area contributed by atoms with E-state index >= 15 is 0 Å². The first-order chi connectivity index (χ1) is 8.54. The average Bonchev–Trinajstić information content (AvgIpc) is 2.81. The number of hydrogen-bond acceptors (Lipinski definition) is 4. The standard InChI is InChI=1S/C12H17NO4S/c1-8(3-4-10(14)15)7-13-12(16)11-9(17-2)5-6-18-11/h5-6,8H,3-4,7H2,1-2H3,(H,13,16)(H,14,15). The minimum absolute atomic E-state index is 0.124. The molecular weight excluding hydrogens is 254 g/mol. The lowest BCUT2D eigenvalue weighted by Crippen LogP contribution is -2.28. The highest BCUT2D eigenvalue weighted by Gasteiger charge is 2.14. The smallest absolute Gasteiger partial charge is 0.303 e. The van der Waals surface area contributed by atoms with Crippen molar-refractivity contribution in [3.63, 3.8) is 0 Å². The van der Waals surface area contributed by atoms with Gasteiger partial charge in [-0.05, 0) is 23.8 Å². The summed E-state index contributed by atoms with van der Waals surface area (Å²) in [6.45, 7) is 2.38. The number of hydrogen-bond donors (Lipinski definition) is 2. The summed E-state index contributed by atoms with van der Waals surface area (Å²) in [5.74, 6) is -0.288. The molecule has 0 aliphatic heterocycles. The van der Waals surface area contributed by atoms with Gasteiger partial charge in [-0.3, -0.25) is 9.59 Å². The van der Waals surface area contributed by atoms with Crippen molar-refractivity contribution >= 4 is 23.2 Å². The molecule has 1 aromatic rings. The van der Waals surface area contributed by atoms with Gasteiger partial charge in [0.2, 0.25) is 0 Å². The summed E-state index contributed by atoms with van der Waals surface area (Å²) in [6.07, 6.45) is 0.677. The molecule has 1 amide bonds. The van der Waals surface area contributed by atoms with E-state index in [4.69, 9.17) is 9.84 Å². The molecule has 1 rings (SSSR count). The van der Waals surface area contributed by atoms with Crippen LogP contribution in [0.2, 0.25) is 0 Å². The molecule has 1 atom stereocenters. The van der Waals surface area contributed by atoms with Gasteiger partial charge in [0.15, 0.2) is 0 Å². The number of carboxylic acid groups (broad SMARTS) is 1. The predicted octanol–water partition coefficient (Wildman–Crippen LogP) is 1.99. The quantitative estimate of drug-likeness (QED) is 0.795. The first kappa shape index (κ1) is 14.5. The molecule has 6 heteroatoms. The van der Waals surface area contributed by atoms with Gasteiger partial charge in [-0.15, -0.1) is 11.3 Å². The van der Waals surface area contributed by atoms with Crippen molar-refractivity contribution in [3.05, 3.63) is 16.3 Å². The van der Waals surface area contributed by atoms with Gasteiger partial charge >= 0.3 is 5.97 Å². The third-order valence-electron chi connectivity index (χ3n) is 2.52. The Morgan fingerprint density at radius 1 is 1.56 bits per heavy atom. The van der Waals surface area contributed by atoms with Gasteiger partial charge in [0.25, 0.3) is 5.91 Å². The van der Waals surface area contributed by atoms with E-state index in [0.717, 1.165) is 0 Å². The minimum atomic E-state index is -0.812. The van der Waals surface area contributed by atoms with Gasteiger partial charge in [0, 0.05) is 13.0 Å². The van der Waals surface area contributed by atoms with Crippen LogP contribution in [-0.2, 0) is 4.79 Å². The second kappa shape index (κ2) is 7.00. The SMILES string of the molecule is COc1ccsc1C(=O)NCC(C)CCC(=O)O. The van der Waals surface area contributed by atoms with Crippen LogP contribution < -0.4 is 10.1 Å². The van der Waals surface area contributed by atoms with Crippen molar-refractivity contribution in [1.29, 1.82) is 0 Å². The number of carboxylic acids is 1. The van der Waals surface area contributed by atoms with Crippen molar-refractivity contribution in [2.75, 3.05) is 13.7 Å². The molecule has 2 N–H and O–H groups in total. The maximum absolute atomic E-state index is 11.8. The average molecular weight is 271 g/mol. The first-order valence-corrected chi connectivity index (χ1v) is 6.54. The van der Waals surface area contributed by atoms with Crippen LogP contribution in [0.4, 0.5) is 0 Å². The van der Waals surface area contributed by atoms with Crippen LogP contribution in [0.25, 0.3) is 0 Å². The molecule has 0 bridgehead atoms. The molecule has 0 aliphatic rings. The number of amides is 1. The number of thiophene rings is 1. The molecule has 0 fully saturated rings. The molecule has 18 heavy (non-hydrogen) atoms. The highest BCUT2D eigenvalue weighted by molar-refractivity contribution is 7.12. The molecule has 0 aliphatic carbocycles. The fraction of sp³-hybridized carbons (Fsp3) is 0.500. The van der Waals surface area contributed by atoms with Gasteiger partial charge in [0.1, 0.15) is 10.6 Å². The van der Waals surface area contributed by atoms with Crippen LogP contribution in [-0.4, -0.2) is 30.6 Å². The summed E-state index contributed by atoms with van der Waals surface area (Å²) in [5.41, 5.74) is 0. The largest absolute Gasteiger partial charge is 0.495 e. The van der Waals surface area contributed by atoms with E-state index in [1.807, 2.05) is 6.92 Å². The molecule has 5 nitrogen and oxygen atoms in total. The number of methoxy groups -OCH3 is 1. The number of nitrogens with one attached hydrogen (secondary N) is 1. The Hall–Kier alpha value is -1.56. The molecule has 0 saturated carbocycles. The minimum Gasteiger partial charge on any atom is -0.495 e. The van der Waals surface area contributed by atoms with Crippen LogP contribution in [0, 0.1) is 5.92 Å². The highest BCUT2D eigenvalue weighted by atomic mass is 32.1. The maximum atomic E-state index is 11.8. The van der Waals surface area contributed by atoms with Crippen LogP contribution in [0.1, 0.15) is 29.4 Å². The molecule has 0 aromatic carbocycles. The Labute approximate surface area is 110 Å². The number of carbonyl (C=O) groups is 2. The third-order valence-corrected chi connectivity index (χ3v) is 3.41. The Kier molecular flexibility index (Phi) is 5.64. The number of aliphatic carboxylic acids is 1. The number of ether oxygens (including phenoxy) is 1. The summed E-state index contributed by atoms with van der Waals surface area (Å²) in [7, 11) is 1.52. The van der Waals surface area contributed by atoms with Gasteiger partial charge < -0.3 is 15.2 Å². The van der Waals surface area contributed by atoms with Gasteiger partial charge in [-0.25, -0.2) is 0 Å². The maximum Gasteiger partial charge on any atom is 0.303 e. The Balaban J connectivity index is 2.39. The van der Waals surface area contributed by atoms with E-state index in [1.54, 1.807) is 11.4 Å². The monoisotopic (exact) mass is 271 g/mol. The molecule has 0 spiro atoms. The fourth-order valence-electron chi connectivity index (χ4n) is 1.44. The van der Waals surface area contributed by atoms with E-state index in [0.29, 0.717) is 23.6 Å². The van der Waals surface area contributed by atoms with E-state index in [9.17, 15) is 9.59 Å². The zero-order chi connectivity index (χ0) is 13.5. The lowest BCUT2D eigenvalue weighted by molar-refractivity contribution is -0.137. The van der Waals surface area contributed by atoms with Gasteiger partial charge in [0.05, 0.1) is 7.11 Å². The zero-order valence-electron chi connectivity index (χ0n) is 10.4. The van der Waals surface area contributed by atoms with E-state index in [1.165, 1.54) is 18.4 Å². The number of carbonyl (C=O) groups excluding carboxylic acids is 1. The predicted molar refractivity (Wildman–Crippen MR) is 69.2 cm³/mol. The number of rotatable bonds is 7. The molecule has 1 aromatic heterocycles. The molecule has 1 unspecified atom stereocenters. The van der Waals surface area contributed by atoms with E-state index in [-0.39, 0.29) is 18.2 Å². The van der Waals surface area contributed by atoms with Crippen molar-refractivity contribution in [2.24, 2.45) is 5.92 Å². The van der Waals surface area contributed by atoms with Crippen LogP contribution in [0.5, 0.6) is 5.75 Å². The van der Waals surface area contributed by atoms with Gasteiger partial charge in [-0.2, -0.15) is 0 Å². The second-order valence-corrected chi connectivity index (χ2v) is 4.98. The Morgan fingerprint density at radius 3 is 2.89 bits per heavy atom. The second-order valence-electron chi connectivity index (χ2n) is 4.07. The Bertz CT molecular complexity index is 416. The highest BCUT2D eigenvalue weighted by Crippen LogP contribution is 2.24. The fourth-order valence-corrected chi connectivity index (χ4v) is 2.22. The topological polar surface area (TPSA) is 75.6 Å². The summed E-state index contributed by atoms with van der Waals surface area (Å²) in [4.78, 5) is 22.8. The van der Waals surface area contributed by atoms with Crippen molar-refractivity contribution in [1.82, 2.24) is 5.32 Å². The third kappa shape index (κ3) is 4.37. The van der Waals surface area contributed by atoms with Crippen LogP contribution in [0.3, 0.4) is 0 Å². The van der Waals surface area contributed by atoms with Crippen molar-refractivity contribution < 1.29 is 19.4 Å². The summed E-state index contributed by atoms with van der Waals surface area (Å²) in [5, 5.41) is 13.1. The van der Waals surface area contributed by atoms with Crippen LogP contribution >= 0.6 is 11.3 Å². The molecule has 100 valence electrons. The lowest BCUT2D eigenvalue weighted by Gasteiger charge is -2.11. The molecular formula is C12H17NO4S. The lowest BCUT2D eigenvalue weighted by atomic mass is 10.1. The van der Waals surface area contributed by atoms with E-state index in [2.05, 4.69) is 5.32 Å². The Morgan fingerprint density at radius 2 is 2.28 bits per heavy atom. The van der Waals surface area contributed by atoms with Crippen molar-refractivity contribution in [3.8, 4) is 5.75 Å².